The first-order valence-corrected chi connectivity index (χ1v) is 9.92. The third kappa shape index (κ3) is 6.81. The van der Waals surface area contributed by atoms with Crippen molar-refractivity contribution in [2.24, 2.45) is 16.8 Å². The third-order valence-corrected chi connectivity index (χ3v) is 4.28. The van der Waals surface area contributed by atoms with Crippen molar-refractivity contribution >= 4 is 41.4 Å². The molecule has 0 heterocycles. The van der Waals surface area contributed by atoms with Crippen molar-refractivity contribution in [3.63, 3.8) is 0 Å². The van der Waals surface area contributed by atoms with Gasteiger partial charge in [0, 0.05) is 16.9 Å². The van der Waals surface area contributed by atoms with Gasteiger partial charge in [-0.05, 0) is 55.3 Å². The van der Waals surface area contributed by atoms with Crippen LogP contribution in [0.25, 0.3) is 0 Å². The average Bonchev–Trinajstić information content (AvgIpc) is 2.77. The van der Waals surface area contributed by atoms with Crippen LogP contribution in [0.4, 0.5) is 21.9 Å². The fourth-order valence-electron chi connectivity index (χ4n) is 2.65. The van der Waals surface area contributed by atoms with Crippen molar-refractivity contribution in [2.75, 3.05) is 16.8 Å². The highest BCUT2D eigenvalue weighted by Crippen LogP contribution is 2.23. The van der Waals surface area contributed by atoms with Crippen molar-refractivity contribution < 1.29 is 24.2 Å². The Morgan fingerprint density at radius 2 is 1.84 bits per heavy atom. The number of nitrogens with two attached hydrogens (primary N) is 1. The molecule has 170 valence electrons. The summed E-state index contributed by atoms with van der Waals surface area (Å²) in [5.41, 5.74) is 4.02. The molecule has 0 aliphatic heterocycles. The molecule has 2 rings (SSSR count). The molecule has 0 radical (unpaired) electrons. The van der Waals surface area contributed by atoms with E-state index >= 15 is 0 Å². The highest BCUT2D eigenvalue weighted by molar-refractivity contribution is 6.05. The fraction of sp³-hybridized carbons (Fsp3) is 0.273. The zero-order chi connectivity index (χ0) is 23.7. The van der Waals surface area contributed by atoms with Gasteiger partial charge < -0.3 is 20.6 Å². The number of carbonyl (C=O) groups is 3. The van der Waals surface area contributed by atoms with Crippen LogP contribution in [0.15, 0.2) is 53.5 Å². The highest BCUT2D eigenvalue weighted by atomic mass is 16.6. The number of carbonyl (C=O) groups excluding carboxylic acids is 2. The minimum atomic E-state index is -1.17. The lowest BCUT2D eigenvalue weighted by Crippen LogP contribution is -2.44. The first-order chi connectivity index (χ1) is 15.2. The van der Waals surface area contributed by atoms with Gasteiger partial charge in [-0.15, -0.1) is 0 Å². The Kier molecular flexibility index (Phi) is 8.72. The minimum absolute atomic E-state index is 0.106. The second-order valence-electron chi connectivity index (χ2n) is 7.33. The summed E-state index contributed by atoms with van der Waals surface area (Å²) in [6.45, 7) is 5.32. The molecule has 0 saturated carbocycles. The number of hydrazine groups is 1. The lowest BCUT2D eigenvalue weighted by molar-refractivity contribution is -0.138. The largest absolute Gasteiger partial charge is 0.480 e. The third-order valence-electron chi connectivity index (χ3n) is 4.28. The second kappa shape index (κ2) is 11.5. The summed E-state index contributed by atoms with van der Waals surface area (Å²) >= 11 is 0. The van der Waals surface area contributed by atoms with Gasteiger partial charge in [-0.2, -0.15) is 0 Å². The van der Waals surface area contributed by atoms with Crippen molar-refractivity contribution in [1.29, 1.82) is 0 Å². The molecule has 0 bridgehead atoms. The molecule has 1 atom stereocenters. The van der Waals surface area contributed by atoms with Crippen LogP contribution in [0.1, 0.15) is 31.1 Å². The molecule has 0 unspecified atom stereocenters. The number of nitrogens with zero attached hydrogens (tertiary/aromatic N) is 2. The number of rotatable bonds is 9. The van der Waals surface area contributed by atoms with Crippen LogP contribution >= 0.6 is 0 Å². The van der Waals surface area contributed by atoms with Gasteiger partial charge >= 0.3 is 12.1 Å². The number of ether oxygens (including phenoxy) is 1. The standard InChI is InChI=1S/C22H27N5O5/c1-14(2)12-32-22(31)27(15(3)21(29)30)19-9-7-17(8-10-19)26-20(28)16-5-4-6-18(11-16)24-13-25-23/h4-11,13-15H,12,23H2,1-3H3,(H,24,25)(H,26,28)(H,29,30)/t15-/m0/s1. The Bertz CT molecular complexity index is 975. The molecule has 5 N–H and O–H groups in total. The number of anilines is 2. The van der Waals surface area contributed by atoms with Crippen LogP contribution in [-0.4, -0.2) is 42.1 Å². The molecule has 2 aromatic carbocycles. The van der Waals surface area contributed by atoms with Crippen molar-refractivity contribution in [1.82, 2.24) is 5.43 Å². The lowest BCUT2D eigenvalue weighted by atomic mass is 10.1. The van der Waals surface area contributed by atoms with E-state index in [4.69, 9.17) is 10.6 Å². The monoisotopic (exact) mass is 441 g/mol. The molecule has 0 aliphatic rings. The summed E-state index contributed by atoms with van der Waals surface area (Å²) in [5, 5.41) is 12.1. The highest BCUT2D eigenvalue weighted by Gasteiger charge is 2.28. The number of amides is 2. The van der Waals surface area contributed by atoms with Crippen molar-refractivity contribution in [3.8, 4) is 0 Å². The van der Waals surface area contributed by atoms with E-state index in [9.17, 15) is 19.5 Å². The molecule has 0 aromatic heterocycles. The van der Waals surface area contributed by atoms with Crippen LogP contribution in [0.2, 0.25) is 0 Å². The van der Waals surface area contributed by atoms with Gasteiger partial charge in [-0.3, -0.25) is 9.69 Å². The number of hydrogen-bond acceptors (Lipinski definition) is 6. The van der Waals surface area contributed by atoms with Gasteiger partial charge in [-0.1, -0.05) is 19.9 Å². The van der Waals surface area contributed by atoms with E-state index < -0.39 is 18.1 Å². The molecule has 2 amide bonds. The van der Waals surface area contributed by atoms with Gasteiger partial charge in [0.15, 0.2) is 0 Å². The lowest BCUT2D eigenvalue weighted by Gasteiger charge is -2.26. The summed E-state index contributed by atoms with van der Waals surface area (Å²) < 4.78 is 5.21. The summed E-state index contributed by atoms with van der Waals surface area (Å²) in [4.78, 5) is 41.6. The predicted octanol–water partition coefficient (Wildman–Crippen LogP) is 3.13. The molecule has 32 heavy (non-hydrogen) atoms. The SMILES string of the molecule is CC(C)COC(=O)N(c1ccc(NC(=O)c2cccc(N=CNN)c2)cc1)[C@@H](C)C(=O)O. The number of hydrogen-bond donors (Lipinski definition) is 4. The van der Waals surface area contributed by atoms with E-state index in [1.807, 2.05) is 13.8 Å². The van der Waals surface area contributed by atoms with Crippen LogP contribution in [-0.2, 0) is 9.53 Å². The maximum Gasteiger partial charge on any atom is 0.415 e. The summed E-state index contributed by atoms with van der Waals surface area (Å²) in [6, 6.07) is 11.7. The zero-order valence-electron chi connectivity index (χ0n) is 18.1. The van der Waals surface area contributed by atoms with Gasteiger partial charge in [0.25, 0.3) is 5.91 Å². The number of aliphatic carboxylic acids is 1. The van der Waals surface area contributed by atoms with Crippen LogP contribution in [0, 0.1) is 5.92 Å². The van der Waals surface area contributed by atoms with E-state index in [2.05, 4.69) is 15.7 Å². The Labute approximate surface area is 186 Å². The Hall–Kier alpha value is -3.92. The maximum absolute atomic E-state index is 12.5. The Morgan fingerprint density at radius 1 is 1.16 bits per heavy atom. The molecular formula is C22H27N5O5. The number of nitrogens with one attached hydrogen (secondary N) is 2. The van der Waals surface area contributed by atoms with E-state index in [0.29, 0.717) is 22.6 Å². The molecule has 0 aliphatic carbocycles. The zero-order valence-corrected chi connectivity index (χ0v) is 18.1. The quantitative estimate of drug-likeness (QED) is 0.202. The summed E-state index contributed by atoms with van der Waals surface area (Å²) in [6.07, 6.45) is 0.543. The van der Waals surface area contributed by atoms with Crippen LogP contribution in [0.3, 0.4) is 0 Å². The van der Waals surface area contributed by atoms with E-state index in [-0.39, 0.29) is 18.4 Å². The average molecular weight is 441 g/mol. The molecule has 2 aromatic rings. The molecule has 0 spiro atoms. The van der Waals surface area contributed by atoms with Crippen molar-refractivity contribution in [3.05, 3.63) is 54.1 Å². The molecule has 10 nitrogen and oxygen atoms in total. The number of carboxylic acid groups (broad SMARTS) is 1. The van der Waals surface area contributed by atoms with E-state index in [1.54, 1.807) is 48.5 Å². The number of aliphatic imine (C=N–C) groups is 1. The number of benzene rings is 2. The first-order valence-electron chi connectivity index (χ1n) is 9.92. The van der Waals surface area contributed by atoms with E-state index in [0.717, 1.165) is 4.90 Å². The van der Waals surface area contributed by atoms with Gasteiger partial charge in [0.05, 0.1) is 12.3 Å². The second-order valence-corrected chi connectivity index (χ2v) is 7.33. The predicted molar refractivity (Wildman–Crippen MR) is 122 cm³/mol. The molecule has 10 heteroatoms. The van der Waals surface area contributed by atoms with Crippen LogP contribution < -0.4 is 21.5 Å². The van der Waals surface area contributed by atoms with E-state index in [1.165, 1.54) is 13.3 Å². The molecule has 0 saturated heterocycles. The van der Waals surface area contributed by atoms with Gasteiger partial charge in [0.2, 0.25) is 0 Å². The van der Waals surface area contributed by atoms with Crippen molar-refractivity contribution in [2.45, 2.75) is 26.8 Å². The topological polar surface area (TPSA) is 146 Å². The Balaban J connectivity index is 2.17. The van der Waals surface area contributed by atoms with Gasteiger partial charge in [0.1, 0.15) is 12.4 Å². The number of carboxylic acids is 1. The minimum Gasteiger partial charge on any atom is -0.480 e. The summed E-state index contributed by atoms with van der Waals surface area (Å²) in [5.74, 6) is 3.73. The van der Waals surface area contributed by atoms with Crippen LogP contribution in [0.5, 0.6) is 0 Å². The maximum atomic E-state index is 12.5. The first kappa shape index (κ1) is 24.4. The Morgan fingerprint density at radius 3 is 2.44 bits per heavy atom. The smallest absolute Gasteiger partial charge is 0.415 e. The summed E-state index contributed by atoms with van der Waals surface area (Å²) in [7, 11) is 0. The molecule has 0 fully saturated rings. The fourth-order valence-corrected chi connectivity index (χ4v) is 2.65. The molecular weight excluding hydrogens is 414 g/mol. The normalized spacial score (nSPS) is 11.8. The van der Waals surface area contributed by atoms with Gasteiger partial charge in [-0.25, -0.2) is 20.4 Å².